The Morgan fingerprint density at radius 1 is 1.26 bits per heavy atom. The van der Waals surface area contributed by atoms with Crippen molar-refractivity contribution in [2.24, 2.45) is 23.7 Å². The second kappa shape index (κ2) is 9.56. The molecule has 2 aliphatic carbocycles. The van der Waals surface area contributed by atoms with Gasteiger partial charge >= 0.3 is 0 Å². The molecule has 1 saturated carbocycles. The Hall–Kier alpha value is -2.14. The van der Waals surface area contributed by atoms with Gasteiger partial charge in [-0.3, -0.25) is 9.59 Å². The molecule has 4 unspecified atom stereocenters. The van der Waals surface area contributed by atoms with Crippen LogP contribution in [0, 0.1) is 23.7 Å². The van der Waals surface area contributed by atoms with Crippen LogP contribution in [0.4, 0.5) is 0 Å². The van der Waals surface area contributed by atoms with E-state index in [1.165, 1.54) is 0 Å². The average Bonchev–Trinajstić information content (AvgIpc) is 2.92. The van der Waals surface area contributed by atoms with E-state index in [-0.39, 0.29) is 53.9 Å². The van der Waals surface area contributed by atoms with Crippen LogP contribution in [0.5, 0.6) is 0 Å². The van der Waals surface area contributed by atoms with Gasteiger partial charge in [-0.05, 0) is 71.1 Å². The van der Waals surface area contributed by atoms with E-state index in [0.717, 1.165) is 17.6 Å². The molecule has 0 aromatic heterocycles. The predicted octanol–water partition coefficient (Wildman–Crippen LogP) is 5.52. The quantitative estimate of drug-likeness (QED) is 0.348. The van der Waals surface area contributed by atoms with E-state index in [4.69, 9.17) is 0 Å². The zero-order chi connectivity index (χ0) is 23.7. The fraction of sp³-hybridized carbons (Fsp3) is 0.615. The standard InChI is InChI=1S/C26H38O5/c1-14(2)8-9-18-23(28)19(13-20-17(16(5)6)10-11-26(20,7)31)25(30)22(24(18)29)21(27)12-15(3)4/h8,15,17,19-20,28-29,31H,5,9-13H2,1-4,6-7H3. The number of aliphatic hydroxyl groups is 3. The van der Waals surface area contributed by atoms with Gasteiger partial charge in [0.2, 0.25) is 0 Å². The smallest absolute Gasteiger partial charge is 0.180 e. The summed E-state index contributed by atoms with van der Waals surface area (Å²) in [4.78, 5) is 26.3. The Morgan fingerprint density at radius 2 is 1.87 bits per heavy atom. The molecular formula is C26H38O5. The molecule has 2 aliphatic rings. The van der Waals surface area contributed by atoms with Crippen LogP contribution in [0.25, 0.3) is 0 Å². The maximum atomic E-state index is 13.4. The monoisotopic (exact) mass is 430 g/mol. The van der Waals surface area contributed by atoms with Crippen molar-refractivity contribution in [3.63, 3.8) is 0 Å². The van der Waals surface area contributed by atoms with Gasteiger partial charge in [0.05, 0.1) is 11.5 Å². The molecule has 0 aliphatic heterocycles. The molecule has 0 aromatic rings. The highest BCUT2D eigenvalue weighted by Gasteiger charge is 2.48. The summed E-state index contributed by atoms with van der Waals surface area (Å²) < 4.78 is 0. The van der Waals surface area contributed by atoms with E-state index in [1.807, 2.05) is 40.7 Å². The van der Waals surface area contributed by atoms with Crippen molar-refractivity contribution in [3.05, 3.63) is 46.5 Å². The maximum absolute atomic E-state index is 13.4. The topological polar surface area (TPSA) is 94.8 Å². The van der Waals surface area contributed by atoms with Crippen LogP contribution in [0.2, 0.25) is 0 Å². The number of Topliss-reactive ketones (excluding diaryl/α,β-unsaturated/α-hetero) is 2. The van der Waals surface area contributed by atoms with Gasteiger partial charge in [-0.25, -0.2) is 0 Å². The zero-order valence-electron chi connectivity index (χ0n) is 19.8. The van der Waals surface area contributed by atoms with Gasteiger partial charge in [-0.15, -0.1) is 0 Å². The first-order valence-electron chi connectivity index (χ1n) is 11.2. The Kier molecular flexibility index (Phi) is 7.75. The molecular weight excluding hydrogens is 392 g/mol. The Morgan fingerprint density at radius 3 is 2.39 bits per heavy atom. The summed E-state index contributed by atoms with van der Waals surface area (Å²) >= 11 is 0. The minimum atomic E-state index is -0.991. The molecule has 31 heavy (non-hydrogen) atoms. The summed E-state index contributed by atoms with van der Waals surface area (Å²) in [6, 6.07) is 0. The summed E-state index contributed by atoms with van der Waals surface area (Å²) in [6.07, 6.45) is 3.78. The van der Waals surface area contributed by atoms with Crippen LogP contribution in [0.1, 0.15) is 73.6 Å². The van der Waals surface area contributed by atoms with Crippen LogP contribution in [0.3, 0.4) is 0 Å². The highest BCUT2D eigenvalue weighted by molar-refractivity contribution is 6.23. The highest BCUT2D eigenvalue weighted by Crippen LogP contribution is 2.48. The van der Waals surface area contributed by atoms with Crippen molar-refractivity contribution in [2.45, 2.75) is 79.2 Å². The first-order chi connectivity index (χ1) is 14.3. The minimum absolute atomic E-state index is 0.0307. The Balaban J connectivity index is 2.53. The van der Waals surface area contributed by atoms with Crippen LogP contribution < -0.4 is 0 Å². The zero-order valence-corrected chi connectivity index (χ0v) is 19.8. The molecule has 0 saturated heterocycles. The number of carbonyl (C=O) groups is 2. The molecule has 3 N–H and O–H groups in total. The number of carbonyl (C=O) groups excluding carboxylic acids is 2. The van der Waals surface area contributed by atoms with Gasteiger partial charge in [0.25, 0.3) is 0 Å². The molecule has 0 heterocycles. The van der Waals surface area contributed by atoms with E-state index in [1.54, 1.807) is 6.92 Å². The van der Waals surface area contributed by atoms with Crippen LogP contribution in [0.15, 0.2) is 46.5 Å². The lowest BCUT2D eigenvalue weighted by molar-refractivity contribution is -0.125. The molecule has 0 aromatic carbocycles. The van der Waals surface area contributed by atoms with Crippen molar-refractivity contribution in [1.82, 2.24) is 0 Å². The number of hydrogen-bond acceptors (Lipinski definition) is 5. The minimum Gasteiger partial charge on any atom is -0.511 e. The average molecular weight is 431 g/mol. The van der Waals surface area contributed by atoms with Gasteiger partial charge < -0.3 is 15.3 Å². The Labute approximate surface area is 186 Å². The lowest BCUT2D eigenvalue weighted by Crippen LogP contribution is -2.38. The first kappa shape index (κ1) is 25.1. The van der Waals surface area contributed by atoms with Gasteiger partial charge in [-0.2, -0.15) is 0 Å². The summed E-state index contributed by atoms with van der Waals surface area (Å²) in [7, 11) is 0. The van der Waals surface area contributed by atoms with E-state index in [0.29, 0.717) is 6.42 Å². The van der Waals surface area contributed by atoms with Crippen molar-refractivity contribution < 1.29 is 24.9 Å². The molecule has 0 bridgehead atoms. The van der Waals surface area contributed by atoms with Gasteiger partial charge in [0.1, 0.15) is 17.1 Å². The lowest BCUT2D eigenvalue weighted by Gasteiger charge is -2.34. The van der Waals surface area contributed by atoms with Crippen LogP contribution >= 0.6 is 0 Å². The third kappa shape index (κ3) is 5.38. The van der Waals surface area contributed by atoms with Crippen molar-refractivity contribution in [1.29, 1.82) is 0 Å². The van der Waals surface area contributed by atoms with E-state index in [9.17, 15) is 24.9 Å². The molecule has 2 rings (SSSR count). The number of aliphatic hydroxyl groups excluding tert-OH is 2. The van der Waals surface area contributed by atoms with Crippen molar-refractivity contribution in [3.8, 4) is 0 Å². The van der Waals surface area contributed by atoms with E-state index >= 15 is 0 Å². The largest absolute Gasteiger partial charge is 0.511 e. The maximum Gasteiger partial charge on any atom is 0.180 e. The second-order valence-corrected chi connectivity index (χ2v) is 10.2. The summed E-state index contributed by atoms with van der Waals surface area (Å²) in [5.41, 5.74) is 0.960. The number of allylic oxidation sites excluding steroid dienone is 6. The van der Waals surface area contributed by atoms with Crippen LogP contribution in [-0.2, 0) is 9.59 Å². The van der Waals surface area contributed by atoms with Crippen molar-refractivity contribution in [2.75, 3.05) is 0 Å². The fourth-order valence-electron chi connectivity index (χ4n) is 4.90. The molecule has 5 heteroatoms. The second-order valence-electron chi connectivity index (χ2n) is 10.2. The van der Waals surface area contributed by atoms with E-state index < -0.39 is 28.8 Å². The summed E-state index contributed by atoms with van der Waals surface area (Å²) in [5.74, 6) is -2.72. The molecule has 0 radical (unpaired) electrons. The molecule has 4 atom stereocenters. The van der Waals surface area contributed by atoms with Crippen LogP contribution in [-0.4, -0.2) is 32.5 Å². The van der Waals surface area contributed by atoms with Crippen molar-refractivity contribution >= 4 is 11.6 Å². The molecule has 1 fully saturated rings. The normalized spacial score (nSPS) is 29.0. The SMILES string of the molecule is C=C(C)C1CCC(C)(O)C1CC1C(=O)C(C(=O)CC(C)C)=C(O)C(CC=C(C)C)=C1O. The molecule has 0 spiro atoms. The third-order valence-electron chi connectivity index (χ3n) is 6.68. The number of hydrogen-bond donors (Lipinski definition) is 3. The van der Waals surface area contributed by atoms with Gasteiger partial charge in [0, 0.05) is 12.0 Å². The summed E-state index contributed by atoms with van der Waals surface area (Å²) in [6.45, 7) is 15.3. The third-order valence-corrected chi connectivity index (χ3v) is 6.68. The highest BCUT2D eigenvalue weighted by atomic mass is 16.3. The van der Waals surface area contributed by atoms with Gasteiger partial charge in [0.15, 0.2) is 11.6 Å². The lowest BCUT2D eigenvalue weighted by atomic mass is 9.72. The molecule has 5 nitrogen and oxygen atoms in total. The fourth-order valence-corrected chi connectivity index (χ4v) is 4.90. The number of ketones is 2. The van der Waals surface area contributed by atoms with E-state index in [2.05, 4.69) is 6.58 Å². The predicted molar refractivity (Wildman–Crippen MR) is 123 cm³/mol. The first-order valence-corrected chi connectivity index (χ1v) is 11.2. The summed E-state index contributed by atoms with van der Waals surface area (Å²) in [5, 5.41) is 32.8. The van der Waals surface area contributed by atoms with Gasteiger partial charge in [-0.1, -0.05) is 37.6 Å². The molecule has 172 valence electrons. The molecule has 0 amide bonds. The number of rotatable bonds is 8. The Bertz CT molecular complexity index is 849.